The van der Waals surface area contributed by atoms with Crippen LogP contribution in [0, 0.1) is 0 Å². The first-order valence-electron chi connectivity index (χ1n) is 9.70. The number of nitrogens with zero attached hydrogens (tertiary/aromatic N) is 2. The van der Waals surface area contributed by atoms with E-state index in [1.807, 2.05) is 49.4 Å². The maximum Gasteiger partial charge on any atom is 0.270 e. The Morgan fingerprint density at radius 1 is 1.13 bits per heavy atom. The number of carbonyl (C=O) groups is 1. The topological polar surface area (TPSA) is 74.6 Å². The summed E-state index contributed by atoms with van der Waals surface area (Å²) in [7, 11) is 1.63. The van der Waals surface area contributed by atoms with Crippen molar-refractivity contribution in [3.8, 4) is 22.9 Å². The van der Waals surface area contributed by atoms with Gasteiger partial charge in [0, 0.05) is 17.1 Å². The van der Waals surface area contributed by atoms with Gasteiger partial charge in [-0.2, -0.15) is 16.9 Å². The molecule has 0 radical (unpaired) electrons. The number of methoxy groups -OCH3 is 1. The van der Waals surface area contributed by atoms with Crippen LogP contribution in [-0.2, 0) is 16.3 Å². The van der Waals surface area contributed by atoms with Crippen LogP contribution in [-0.4, -0.2) is 35.0 Å². The van der Waals surface area contributed by atoms with Crippen molar-refractivity contribution in [2.24, 2.45) is 0 Å². The Labute approximate surface area is 178 Å². The molecule has 5 rings (SSSR count). The second-order valence-electron chi connectivity index (χ2n) is 7.17. The molecule has 3 heterocycles. The van der Waals surface area contributed by atoms with Crippen LogP contribution in [0.4, 0.5) is 5.82 Å². The monoisotopic (exact) mass is 423 g/mol. The van der Waals surface area contributed by atoms with Crippen molar-refractivity contribution in [1.29, 1.82) is 0 Å². The molecular formula is C22H21N3O4S. The van der Waals surface area contributed by atoms with Crippen LogP contribution in [0.2, 0.25) is 0 Å². The van der Waals surface area contributed by atoms with E-state index in [4.69, 9.17) is 19.3 Å². The minimum Gasteiger partial charge on any atom is -0.497 e. The first-order valence-corrected chi connectivity index (χ1v) is 10.9. The minimum absolute atomic E-state index is 0.258. The van der Waals surface area contributed by atoms with Gasteiger partial charge in [-0.25, -0.2) is 4.68 Å². The van der Waals surface area contributed by atoms with Gasteiger partial charge in [0.2, 0.25) is 6.10 Å². The molecular weight excluding hydrogens is 402 g/mol. The van der Waals surface area contributed by atoms with Gasteiger partial charge in [0.05, 0.1) is 18.5 Å². The number of amides is 1. The predicted octanol–water partition coefficient (Wildman–Crippen LogP) is 3.79. The molecule has 0 spiro atoms. The first-order chi connectivity index (χ1) is 14.6. The fourth-order valence-corrected chi connectivity index (χ4v) is 4.68. The van der Waals surface area contributed by atoms with Gasteiger partial charge < -0.3 is 19.5 Å². The average molecular weight is 423 g/mol. The third-order valence-corrected chi connectivity index (χ3v) is 6.18. The SMILES string of the molecule is COc1ccc(-n2nc3c(c2NC(=O)C2Oc4ccccc4OC2C)CSC3)cc1. The molecule has 0 aliphatic carbocycles. The molecule has 2 atom stereocenters. The van der Waals surface area contributed by atoms with E-state index < -0.39 is 12.2 Å². The number of para-hydroxylation sites is 2. The third kappa shape index (κ3) is 3.27. The zero-order valence-corrected chi connectivity index (χ0v) is 17.4. The summed E-state index contributed by atoms with van der Waals surface area (Å²) < 4.78 is 18.9. The lowest BCUT2D eigenvalue weighted by molar-refractivity contribution is -0.128. The average Bonchev–Trinajstić information content (AvgIpc) is 3.36. The van der Waals surface area contributed by atoms with Crippen LogP contribution >= 0.6 is 11.8 Å². The summed E-state index contributed by atoms with van der Waals surface area (Å²) >= 11 is 1.78. The molecule has 1 N–H and O–H groups in total. The van der Waals surface area contributed by atoms with Crippen molar-refractivity contribution in [3.05, 3.63) is 59.8 Å². The Hall–Kier alpha value is -3.13. The summed E-state index contributed by atoms with van der Waals surface area (Å²) in [6.07, 6.45) is -1.18. The van der Waals surface area contributed by atoms with E-state index >= 15 is 0 Å². The molecule has 8 heteroatoms. The number of thioether (sulfide) groups is 1. The Kier molecular flexibility index (Phi) is 4.78. The molecule has 154 valence electrons. The Bertz CT molecular complexity index is 1100. The van der Waals surface area contributed by atoms with Crippen LogP contribution in [0.5, 0.6) is 17.2 Å². The van der Waals surface area contributed by atoms with Crippen LogP contribution in [0.15, 0.2) is 48.5 Å². The Morgan fingerprint density at radius 2 is 1.87 bits per heavy atom. The quantitative estimate of drug-likeness (QED) is 0.688. The Morgan fingerprint density at radius 3 is 2.60 bits per heavy atom. The number of carbonyl (C=O) groups excluding carboxylic acids is 1. The number of hydrogen-bond acceptors (Lipinski definition) is 6. The lowest BCUT2D eigenvalue weighted by atomic mass is 10.1. The van der Waals surface area contributed by atoms with Crippen LogP contribution in [0.25, 0.3) is 5.69 Å². The van der Waals surface area contributed by atoms with E-state index in [9.17, 15) is 4.79 Å². The normalized spacial score (nSPS) is 19.3. The number of ether oxygens (including phenoxy) is 3. The standard InChI is InChI=1S/C22H21N3O4S/c1-13-20(29-19-6-4-3-5-18(19)28-13)22(26)23-21-16-11-30-12-17(16)24-25(21)14-7-9-15(27-2)10-8-14/h3-10,13,20H,11-12H2,1-2H3,(H,23,26). The molecule has 1 aromatic heterocycles. The van der Waals surface area contributed by atoms with E-state index in [2.05, 4.69) is 5.32 Å². The summed E-state index contributed by atoms with van der Waals surface area (Å²) in [5.74, 6) is 4.04. The highest BCUT2D eigenvalue weighted by Gasteiger charge is 2.35. The number of rotatable bonds is 4. The van der Waals surface area contributed by atoms with Gasteiger partial charge in [0.15, 0.2) is 11.5 Å². The molecule has 7 nitrogen and oxygen atoms in total. The Balaban J connectivity index is 1.45. The number of hydrogen-bond donors (Lipinski definition) is 1. The molecule has 1 amide bonds. The van der Waals surface area contributed by atoms with Gasteiger partial charge in [-0.15, -0.1) is 0 Å². The molecule has 0 fully saturated rings. The zero-order valence-electron chi connectivity index (χ0n) is 16.6. The second kappa shape index (κ2) is 7.60. The van der Waals surface area contributed by atoms with E-state index in [1.165, 1.54) is 0 Å². The molecule has 2 unspecified atom stereocenters. The number of nitrogens with one attached hydrogen (secondary N) is 1. The fraction of sp³-hybridized carbons (Fsp3) is 0.273. The molecule has 30 heavy (non-hydrogen) atoms. The highest BCUT2D eigenvalue weighted by Crippen LogP contribution is 2.37. The van der Waals surface area contributed by atoms with Crippen LogP contribution < -0.4 is 19.5 Å². The zero-order chi connectivity index (χ0) is 20.7. The first kappa shape index (κ1) is 18.9. The van der Waals surface area contributed by atoms with E-state index in [1.54, 1.807) is 29.6 Å². The molecule has 0 bridgehead atoms. The fourth-order valence-electron chi connectivity index (χ4n) is 3.65. The molecule has 0 saturated heterocycles. The van der Waals surface area contributed by atoms with Crippen molar-refractivity contribution in [2.45, 2.75) is 30.6 Å². The lowest BCUT2D eigenvalue weighted by Gasteiger charge is -2.31. The van der Waals surface area contributed by atoms with E-state index in [-0.39, 0.29) is 5.91 Å². The highest BCUT2D eigenvalue weighted by atomic mass is 32.2. The van der Waals surface area contributed by atoms with Gasteiger partial charge in [0.1, 0.15) is 17.7 Å². The molecule has 2 aromatic carbocycles. The van der Waals surface area contributed by atoms with E-state index in [0.29, 0.717) is 17.3 Å². The lowest BCUT2D eigenvalue weighted by Crippen LogP contribution is -2.46. The largest absolute Gasteiger partial charge is 0.497 e. The number of anilines is 1. The maximum absolute atomic E-state index is 13.2. The van der Waals surface area contributed by atoms with Gasteiger partial charge in [-0.3, -0.25) is 4.79 Å². The van der Waals surface area contributed by atoms with Crippen LogP contribution in [0.1, 0.15) is 18.2 Å². The van der Waals surface area contributed by atoms with Gasteiger partial charge in [-0.1, -0.05) is 12.1 Å². The molecule has 0 saturated carbocycles. The smallest absolute Gasteiger partial charge is 0.270 e. The summed E-state index contributed by atoms with van der Waals surface area (Å²) in [6, 6.07) is 15.0. The number of benzene rings is 2. The van der Waals surface area contributed by atoms with E-state index in [0.717, 1.165) is 34.2 Å². The molecule has 2 aliphatic heterocycles. The third-order valence-electron chi connectivity index (χ3n) is 5.21. The van der Waals surface area contributed by atoms with Crippen molar-refractivity contribution >= 4 is 23.5 Å². The van der Waals surface area contributed by atoms with Gasteiger partial charge in [-0.05, 0) is 43.3 Å². The van der Waals surface area contributed by atoms with Gasteiger partial charge >= 0.3 is 0 Å². The molecule has 3 aromatic rings. The van der Waals surface area contributed by atoms with Crippen LogP contribution in [0.3, 0.4) is 0 Å². The maximum atomic E-state index is 13.2. The summed E-state index contributed by atoms with van der Waals surface area (Å²) in [5, 5.41) is 7.80. The van der Waals surface area contributed by atoms with Gasteiger partial charge in [0.25, 0.3) is 5.91 Å². The summed E-state index contributed by atoms with van der Waals surface area (Å²) in [4.78, 5) is 13.2. The summed E-state index contributed by atoms with van der Waals surface area (Å²) in [6.45, 7) is 1.83. The van der Waals surface area contributed by atoms with Crippen molar-refractivity contribution < 1.29 is 19.0 Å². The summed E-state index contributed by atoms with van der Waals surface area (Å²) in [5.41, 5.74) is 2.89. The second-order valence-corrected chi connectivity index (χ2v) is 8.16. The van der Waals surface area contributed by atoms with Crippen molar-refractivity contribution in [3.63, 3.8) is 0 Å². The number of fused-ring (bicyclic) bond motifs is 2. The minimum atomic E-state index is -0.760. The number of aromatic nitrogens is 2. The van der Waals surface area contributed by atoms with Crippen molar-refractivity contribution in [1.82, 2.24) is 9.78 Å². The highest BCUT2D eigenvalue weighted by molar-refractivity contribution is 7.98. The van der Waals surface area contributed by atoms with Crippen molar-refractivity contribution in [2.75, 3.05) is 12.4 Å². The molecule has 2 aliphatic rings. The predicted molar refractivity (Wildman–Crippen MR) is 115 cm³/mol.